The minimum absolute atomic E-state index is 0.0464. The summed E-state index contributed by atoms with van der Waals surface area (Å²) in [5, 5.41) is 15.1. The fraction of sp³-hybridized carbons (Fsp3) is 0.367. The fourth-order valence-electron chi connectivity index (χ4n) is 8.24. The summed E-state index contributed by atoms with van der Waals surface area (Å²) < 4.78 is 17.4. The number of nitrogens with one attached hydrogen (secondary N) is 2. The molecule has 0 bridgehead atoms. The Morgan fingerprint density at radius 1 is 0.750 bits per heavy atom. The van der Waals surface area contributed by atoms with E-state index in [1.165, 1.54) is 4.90 Å². The van der Waals surface area contributed by atoms with Crippen LogP contribution in [0, 0.1) is 0 Å². The van der Waals surface area contributed by atoms with Crippen LogP contribution in [0.2, 0.25) is 0 Å². The van der Waals surface area contributed by atoms with Crippen LogP contribution in [0.25, 0.3) is 11.1 Å². The van der Waals surface area contributed by atoms with Gasteiger partial charge in [-0.1, -0.05) is 60.7 Å². The van der Waals surface area contributed by atoms with E-state index in [0.717, 1.165) is 53.2 Å². The van der Waals surface area contributed by atoms with Gasteiger partial charge in [0.25, 0.3) is 5.91 Å². The number of allylic oxidation sites excluding steroid dienone is 1. The van der Waals surface area contributed by atoms with E-state index in [9.17, 15) is 29.1 Å². The summed E-state index contributed by atoms with van der Waals surface area (Å²) in [7, 11) is 0. The highest BCUT2D eigenvalue weighted by molar-refractivity contribution is 6.18. The van der Waals surface area contributed by atoms with Crippen LogP contribution in [0.15, 0.2) is 97.1 Å². The topological polar surface area (TPSA) is 167 Å². The Hall–Kier alpha value is -6.06. The molecule has 7 rings (SSSR count). The van der Waals surface area contributed by atoms with E-state index in [0.29, 0.717) is 48.8 Å². The summed E-state index contributed by atoms with van der Waals surface area (Å²) in [6.45, 7) is 5.19. The van der Waals surface area contributed by atoms with Gasteiger partial charge < -0.3 is 34.4 Å². The summed E-state index contributed by atoms with van der Waals surface area (Å²) in [6.07, 6.45) is 1.47. The third kappa shape index (κ3) is 11.9. The predicted octanol–water partition coefficient (Wildman–Crippen LogP) is 5.72. The molecule has 0 aliphatic carbocycles. The number of carbonyl (C=O) groups is 5. The van der Waals surface area contributed by atoms with Gasteiger partial charge in [0.2, 0.25) is 23.6 Å². The quantitative estimate of drug-likeness (QED) is 0.0433. The second-order valence-electron chi connectivity index (χ2n) is 15.8. The Balaban J connectivity index is 0.760. The zero-order chi connectivity index (χ0) is 44.8. The number of benzene rings is 4. The molecular weight excluding hydrogens is 838 g/mol. The number of phenols is 1. The number of anilines is 1. The largest absolute Gasteiger partial charge is 0.508 e. The molecular formula is C49H54ClN5O9. The van der Waals surface area contributed by atoms with E-state index < -0.39 is 11.9 Å². The minimum atomic E-state index is -0.735. The Bertz CT molecular complexity index is 2300. The molecule has 3 aliphatic rings. The standard InChI is InChI=1S/C49H54ClN5O9/c50-22-19-39(34-5-2-1-3-6-34)47(35-9-13-37(56)14-10-35)36-11-15-38(16-12-36)64-30-27-53-23-25-54(26-24-53)46(59)21-29-63-32-31-62-28-20-45(58)51-42-8-4-7-40-41(42)33-55(49(40)61)43-17-18-44(57)52-48(43)60/h1-16,43,56H,17-33H2,(H,51,58)(H,52,57,60). The number of amides is 5. The maximum absolute atomic E-state index is 13.1. The molecule has 3 aliphatic heterocycles. The highest BCUT2D eigenvalue weighted by atomic mass is 35.5. The first-order chi connectivity index (χ1) is 31.2. The monoisotopic (exact) mass is 891 g/mol. The smallest absolute Gasteiger partial charge is 0.255 e. The zero-order valence-corrected chi connectivity index (χ0v) is 36.5. The number of rotatable bonds is 20. The molecule has 5 amide bonds. The van der Waals surface area contributed by atoms with E-state index in [1.807, 2.05) is 47.4 Å². The average Bonchev–Trinajstić information content (AvgIpc) is 3.64. The molecule has 336 valence electrons. The molecule has 1 unspecified atom stereocenters. The van der Waals surface area contributed by atoms with Crippen molar-refractivity contribution in [1.82, 2.24) is 20.0 Å². The van der Waals surface area contributed by atoms with Gasteiger partial charge in [0.15, 0.2) is 0 Å². The molecule has 3 N–H and O–H groups in total. The first kappa shape index (κ1) is 45.9. The van der Waals surface area contributed by atoms with E-state index in [4.69, 9.17) is 25.8 Å². The normalized spacial score (nSPS) is 16.9. The summed E-state index contributed by atoms with van der Waals surface area (Å²) >= 11 is 6.31. The van der Waals surface area contributed by atoms with Gasteiger partial charge in [0, 0.05) is 68.4 Å². The molecule has 4 aromatic carbocycles. The summed E-state index contributed by atoms with van der Waals surface area (Å²) in [4.78, 5) is 68.2. The lowest BCUT2D eigenvalue weighted by atomic mass is 9.88. The van der Waals surface area contributed by atoms with Crippen molar-refractivity contribution in [3.63, 3.8) is 0 Å². The number of halogens is 1. The average molecular weight is 892 g/mol. The lowest BCUT2D eigenvalue weighted by Crippen LogP contribution is -2.52. The van der Waals surface area contributed by atoms with Crippen molar-refractivity contribution < 1.29 is 43.3 Å². The second kappa shape index (κ2) is 22.5. The van der Waals surface area contributed by atoms with Crippen LogP contribution < -0.4 is 15.4 Å². The maximum atomic E-state index is 13.1. The SMILES string of the molecule is O=C1CCC(N2Cc3c(NC(=O)CCOCCOCCC(=O)N4CCN(CCOc5ccc(C(=C(CCCl)c6ccccc6)c6ccc(O)cc6)cc5)CC4)cccc3C2=O)C(=O)N1. The van der Waals surface area contributed by atoms with Crippen LogP contribution in [-0.2, 0) is 35.2 Å². The number of hydrogen-bond donors (Lipinski definition) is 3. The molecule has 2 fully saturated rings. The second-order valence-corrected chi connectivity index (χ2v) is 16.2. The number of aromatic hydroxyl groups is 1. The third-order valence-corrected chi connectivity index (χ3v) is 11.8. The summed E-state index contributed by atoms with van der Waals surface area (Å²) in [6, 6.07) is 29.9. The van der Waals surface area contributed by atoms with E-state index in [-0.39, 0.29) is 88.0 Å². The zero-order valence-electron chi connectivity index (χ0n) is 35.8. The Morgan fingerprint density at radius 3 is 2.12 bits per heavy atom. The number of alkyl halides is 1. The molecule has 2 saturated heterocycles. The molecule has 0 spiro atoms. The summed E-state index contributed by atoms with van der Waals surface area (Å²) in [5.41, 5.74) is 6.85. The van der Waals surface area contributed by atoms with Crippen molar-refractivity contribution in [2.45, 2.75) is 44.7 Å². The van der Waals surface area contributed by atoms with Crippen LogP contribution in [0.4, 0.5) is 5.69 Å². The third-order valence-electron chi connectivity index (χ3n) is 11.6. The molecule has 15 heteroatoms. The van der Waals surface area contributed by atoms with Crippen molar-refractivity contribution in [3.8, 4) is 11.5 Å². The molecule has 0 saturated carbocycles. The van der Waals surface area contributed by atoms with Crippen molar-refractivity contribution in [1.29, 1.82) is 0 Å². The molecule has 14 nitrogen and oxygen atoms in total. The number of carbonyl (C=O) groups excluding carboxylic acids is 5. The highest BCUT2D eigenvalue weighted by Gasteiger charge is 2.40. The van der Waals surface area contributed by atoms with Gasteiger partial charge in [0.1, 0.15) is 24.1 Å². The molecule has 3 heterocycles. The Morgan fingerprint density at radius 2 is 1.44 bits per heavy atom. The van der Waals surface area contributed by atoms with Crippen molar-refractivity contribution in [3.05, 3.63) is 125 Å². The molecule has 0 radical (unpaired) electrons. The number of phenolic OH excluding ortho intramolecular Hbond substituents is 1. The van der Waals surface area contributed by atoms with Gasteiger partial charge in [-0.25, -0.2) is 0 Å². The van der Waals surface area contributed by atoms with E-state index >= 15 is 0 Å². The molecule has 64 heavy (non-hydrogen) atoms. The van der Waals surface area contributed by atoms with Crippen molar-refractivity contribution in [2.24, 2.45) is 0 Å². The predicted molar refractivity (Wildman–Crippen MR) is 243 cm³/mol. The van der Waals surface area contributed by atoms with Crippen LogP contribution in [0.1, 0.15) is 64.7 Å². The maximum Gasteiger partial charge on any atom is 0.255 e. The van der Waals surface area contributed by atoms with E-state index in [1.54, 1.807) is 30.3 Å². The van der Waals surface area contributed by atoms with Gasteiger partial charge in [-0.2, -0.15) is 0 Å². The van der Waals surface area contributed by atoms with Gasteiger partial charge in [0.05, 0.1) is 39.3 Å². The number of ether oxygens (including phenoxy) is 3. The number of piperidine rings is 1. The molecule has 1 atom stereocenters. The first-order valence-corrected chi connectivity index (χ1v) is 22.3. The number of nitrogens with zero attached hydrogens (tertiary/aromatic N) is 3. The lowest BCUT2D eigenvalue weighted by Gasteiger charge is -2.34. The number of hydrogen-bond acceptors (Lipinski definition) is 10. The molecule has 4 aromatic rings. The Kier molecular flexibility index (Phi) is 16.2. The van der Waals surface area contributed by atoms with E-state index in [2.05, 4.69) is 39.8 Å². The van der Waals surface area contributed by atoms with Crippen molar-refractivity contribution in [2.75, 3.05) is 77.0 Å². The van der Waals surface area contributed by atoms with Crippen LogP contribution >= 0.6 is 11.6 Å². The molecule has 0 aromatic heterocycles. The lowest BCUT2D eigenvalue weighted by molar-refractivity contribution is -0.137. The van der Waals surface area contributed by atoms with Gasteiger partial charge in [-0.15, -0.1) is 11.6 Å². The number of imide groups is 1. The summed E-state index contributed by atoms with van der Waals surface area (Å²) in [5.74, 6) is 0.0700. The minimum Gasteiger partial charge on any atom is -0.508 e. The van der Waals surface area contributed by atoms with Crippen molar-refractivity contribution >= 4 is 58.0 Å². The number of piperazine rings is 1. The van der Waals surface area contributed by atoms with Gasteiger partial charge in [-0.05, 0) is 77.1 Å². The van der Waals surface area contributed by atoms with Crippen LogP contribution in [-0.4, -0.2) is 127 Å². The van der Waals surface area contributed by atoms with Gasteiger partial charge >= 0.3 is 0 Å². The Labute approximate surface area is 378 Å². The number of fused-ring (bicyclic) bond motifs is 1. The highest BCUT2D eigenvalue weighted by Crippen LogP contribution is 2.36. The first-order valence-electron chi connectivity index (χ1n) is 21.8. The van der Waals surface area contributed by atoms with Crippen LogP contribution in [0.5, 0.6) is 11.5 Å². The van der Waals surface area contributed by atoms with Gasteiger partial charge in [-0.3, -0.25) is 34.2 Å². The fourth-order valence-corrected chi connectivity index (χ4v) is 8.43. The van der Waals surface area contributed by atoms with Crippen LogP contribution in [0.3, 0.4) is 0 Å².